The van der Waals surface area contributed by atoms with Crippen LogP contribution in [0.2, 0.25) is 0 Å². The molecular weight excluding hydrogens is 272 g/mol. The zero-order valence-corrected chi connectivity index (χ0v) is 14.6. The topological polar surface area (TPSA) is 37.3 Å². The fourth-order valence-electron chi connectivity index (χ4n) is 4.16. The highest BCUT2D eigenvalue weighted by Crippen LogP contribution is 2.54. The minimum atomic E-state index is -0.645. The van der Waals surface area contributed by atoms with E-state index in [4.69, 9.17) is 5.11 Å². The van der Waals surface area contributed by atoms with Crippen molar-refractivity contribution in [3.8, 4) is 0 Å². The van der Waals surface area contributed by atoms with Gasteiger partial charge in [0.25, 0.3) is 0 Å². The van der Waals surface area contributed by atoms with E-state index in [-0.39, 0.29) is 0 Å². The van der Waals surface area contributed by atoms with Crippen LogP contribution in [0.25, 0.3) is 0 Å². The molecule has 22 heavy (non-hydrogen) atoms. The van der Waals surface area contributed by atoms with E-state index in [0.717, 1.165) is 36.5 Å². The Hall–Kier alpha value is -0.530. The molecule has 2 unspecified atom stereocenters. The molecule has 2 rings (SSSR count). The first-order valence-electron chi connectivity index (χ1n) is 9.92. The normalized spacial score (nSPS) is 29.5. The molecule has 0 radical (unpaired) electrons. The van der Waals surface area contributed by atoms with E-state index in [1.54, 1.807) is 6.42 Å². The highest BCUT2D eigenvalue weighted by atomic mass is 16.4. The van der Waals surface area contributed by atoms with Crippen molar-refractivity contribution in [2.45, 2.75) is 96.8 Å². The van der Waals surface area contributed by atoms with Gasteiger partial charge in [-0.15, -0.1) is 0 Å². The standard InChI is InChI=1S/C20H36O2/c1-2-3-7-10-16-13-18(16)15-19-14-17(19)11-8-5-4-6-9-12-20(21)22/h16-19H,2-15H2,1H3,(H,21,22)/t16?,17-,18-,19?/m1/s1. The maximum Gasteiger partial charge on any atom is 0.303 e. The molecule has 128 valence electrons. The molecule has 0 saturated heterocycles. The summed E-state index contributed by atoms with van der Waals surface area (Å²) in [5, 5.41) is 8.58. The molecule has 2 saturated carbocycles. The number of carboxylic acid groups (broad SMARTS) is 1. The van der Waals surface area contributed by atoms with Gasteiger partial charge in [0.15, 0.2) is 0 Å². The average Bonchev–Trinajstić information content (AvgIpc) is 3.38. The van der Waals surface area contributed by atoms with Crippen LogP contribution in [0.15, 0.2) is 0 Å². The lowest BCUT2D eigenvalue weighted by atomic mass is 10.0. The van der Waals surface area contributed by atoms with Gasteiger partial charge in [-0.2, -0.15) is 0 Å². The molecule has 0 spiro atoms. The van der Waals surface area contributed by atoms with Crippen molar-refractivity contribution in [2.24, 2.45) is 23.7 Å². The summed E-state index contributed by atoms with van der Waals surface area (Å²) in [5.41, 5.74) is 0. The van der Waals surface area contributed by atoms with E-state index in [0.29, 0.717) is 6.42 Å². The second-order valence-electron chi connectivity index (χ2n) is 7.94. The van der Waals surface area contributed by atoms with Crippen molar-refractivity contribution in [1.82, 2.24) is 0 Å². The van der Waals surface area contributed by atoms with Gasteiger partial charge < -0.3 is 5.11 Å². The van der Waals surface area contributed by atoms with Crippen LogP contribution in [0.4, 0.5) is 0 Å². The summed E-state index contributed by atoms with van der Waals surface area (Å²) in [6.45, 7) is 2.30. The van der Waals surface area contributed by atoms with Crippen molar-refractivity contribution in [1.29, 1.82) is 0 Å². The molecule has 0 aromatic carbocycles. The average molecular weight is 309 g/mol. The number of aliphatic carboxylic acids is 1. The second kappa shape index (κ2) is 9.57. The molecular formula is C20H36O2. The minimum Gasteiger partial charge on any atom is -0.481 e. The van der Waals surface area contributed by atoms with Crippen LogP contribution in [-0.4, -0.2) is 11.1 Å². The van der Waals surface area contributed by atoms with E-state index in [1.165, 1.54) is 64.2 Å². The summed E-state index contributed by atoms with van der Waals surface area (Å²) in [6.07, 6.45) is 18.0. The summed E-state index contributed by atoms with van der Waals surface area (Å²) in [4.78, 5) is 10.4. The lowest BCUT2D eigenvalue weighted by molar-refractivity contribution is -0.137. The molecule has 0 aromatic heterocycles. The molecule has 2 aliphatic rings. The zero-order chi connectivity index (χ0) is 15.8. The summed E-state index contributed by atoms with van der Waals surface area (Å²) < 4.78 is 0. The third kappa shape index (κ3) is 7.15. The molecule has 2 nitrogen and oxygen atoms in total. The molecule has 0 heterocycles. The molecule has 2 fully saturated rings. The van der Waals surface area contributed by atoms with Gasteiger partial charge in [0.1, 0.15) is 0 Å². The molecule has 1 N–H and O–H groups in total. The Balaban J connectivity index is 1.36. The van der Waals surface area contributed by atoms with Gasteiger partial charge in [-0.1, -0.05) is 64.7 Å². The number of rotatable bonds is 14. The molecule has 2 aliphatic carbocycles. The Kier molecular flexibility index (Phi) is 7.75. The monoisotopic (exact) mass is 308 g/mol. The van der Waals surface area contributed by atoms with Crippen LogP contribution in [0, 0.1) is 23.7 Å². The first-order chi connectivity index (χ1) is 10.7. The third-order valence-electron chi connectivity index (χ3n) is 5.89. The smallest absolute Gasteiger partial charge is 0.303 e. The Labute approximate surface area is 137 Å². The number of carbonyl (C=O) groups is 1. The lowest BCUT2D eigenvalue weighted by Crippen LogP contribution is -1.93. The van der Waals surface area contributed by atoms with Gasteiger partial charge in [0.2, 0.25) is 0 Å². The fraction of sp³-hybridized carbons (Fsp3) is 0.950. The summed E-state index contributed by atoms with van der Waals surface area (Å²) >= 11 is 0. The van der Waals surface area contributed by atoms with Gasteiger partial charge in [0.05, 0.1) is 0 Å². The Morgan fingerprint density at radius 2 is 1.36 bits per heavy atom. The Bertz CT molecular complexity index is 326. The number of hydrogen-bond donors (Lipinski definition) is 1. The molecule has 0 aromatic rings. The van der Waals surface area contributed by atoms with Crippen LogP contribution in [-0.2, 0) is 4.79 Å². The molecule has 0 bridgehead atoms. The maximum atomic E-state index is 10.4. The van der Waals surface area contributed by atoms with E-state index >= 15 is 0 Å². The minimum absolute atomic E-state index is 0.353. The summed E-state index contributed by atoms with van der Waals surface area (Å²) in [5.74, 6) is 3.68. The Morgan fingerprint density at radius 3 is 1.95 bits per heavy atom. The van der Waals surface area contributed by atoms with Gasteiger partial charge >= 0.3 is 5.97 Å². The first kappa shape index (κ1) is 17.8. The number of unbranched alkanes of at least 4 members (excludes halogenated alkanes) is 6. The van der Waals surface area contributed by atoms with Gasteiger partial charge in [-0.05, 0) is 49.4 Å². The highest BCUT2D eigenvalue weighted by Gasteiger charge is 2.44. The predicted molar refractivity (Wildman–Crippen MR) is 91.9 cm³/mol. The quantitative estimate of drug-likeness (QED) is 0.397. The summed E-state index contributed by atoms with van der Waals surface area (Å²) in [7, 11) is 0. The van der Waals surface area contributed by atoms with Crippen molar-refractivity contribution in [3.05, 3.63) is 0 Å². The molecule has 2 heteroatoms. The van der Waals surface area contributed by atoms with E-state index in [9.17, 15) is 4.79 Å². The molecule has 0 amide bonds. The first-order valence-corrected chi connectivity index (χ1v) is 9.92. The van der Waals surface area contributed by atoms with Crippen LogP contribution in [0.3, 0.4) is 0 Å². The van der Waals surface area contributed by atoms with Crippen molar-refractivity contribution in [3.63, 3.8) is 0 Å². The fourth-order valence-corrected chi connectivity index (χ4v) is 4.16. The maximum absolute atomic E-state index is 10.4. The van der Waals surface area contributed by atoms with Gasteiger partial charge in [-0.25, -0.2) is 0 Å². The van der Waals surface area contributed by atoms with Gasteiger partial charge in [-0.3, -0.25) is 4.79 Å². The highest BCUT2D eigenvalue weighted by molar-refractivity contribution is 5.66. The van der Waals surface area contributed by atoms with Crippen molar-refractivity contribution >= 4 is 5.97 Å². The van der Waals surface area contributed by atoms with Crippen molar-refractivity contribution < 1.29 is 9.90 Å². The van der Waals surface area contributed by atoms with Crippen LogP contribution < -0.4 is 0 Å². The van der Waals surface area contributed by atoms with Crippen LogP contribution in [0.5, 0.6) is 0 Å². The molecule has 4 atom stereocenters. The van der Waals surface area contributed by atoms with Gasteiger partial charge in [0, 0.05) is 6.42 Å². The third-order valence-corrected chi connectivity index (χ3v) is 5.89. The van der Waals surface area contributed by atoms with Crippen molar-refractivity contribution in [2.75, 3.05) is 0 Å². The second-order valence-corrected chi connectivity index (χ2v) is 7.94. The predicted octanol–water partition coefficient (Wildman–Crippen LogP) is 6.04. The summed E-state index contributed by atoms with van der Waals surface area (Å²) in [6, 6.07) is 0. The van der Waals surface area contributed by atoms with E-state index in [1.807, 2.05) is 0 Å². The zero-order valence-electron chi connectivity index (χ0n) is 14.6. The number of carboxylic acids is 1. The largest absolute Gasteiger partial charge is 0.481 e. The van der Waals surface area contributed by atoms with Crippen LogP contribution in [0.1, 0.15) is 96.8 Å². The van der Waals surface area contributed by atoms with E-state index in [2.05, 4.69) is 6.92 Å². The molecule has 0 aliphatic heterocycles. The van der Waals surface area contributed by atoms with Crippen LogP contribution >= 0.6 is 0 Å². The lowest BCUT2D eigenvalue weighted by Gasteiger charge is -2.02. The SMILES string of the molecule is CCCCCC1C[C@@H]1CC1C[C@H]1CCCCCCCC(=O)O. The number of hydrogen-bond acceptors (Lipinski definition) is 1. The van der Waals surface area contributed by atoms with E-state index < -0.39 is 5.97 Å². The Morgan fingerprint density at radius 1 is 0.818 bits per heavy atom.